The molecule has 0 heterocycles. The average molecular weight is 262 g/mol. The molecule has 2 radical (unpaired) electrons. The van der Waals surface area contributed by atoms with E-state index in [9.17, 15) is 0 Å². The van der Waals surface area contributed by atoms with E-state index in [2.05, 4.69) is 44.6 Å². The molecule has 0 aromatic carbocycles. The number of rotatable bonds is 14. The van der Waals surface area contributed by atoms with Crippen molar-refractivity contribution in [1.29, 1.82) is 0 Å². The molecule has 0 aliphatic carbocycles. The van der Waals surface area contributed by atoms with Gasteiger partial charge in [-0.2, -0.15) is 0 Å². The standard InChI is InChI=1S/C19H34/c1-3-5-7-9-11-13-15-17-19-18-16-14-12-10-8-6-4-2/h15-18H,3-14H2,1-2H3. The Morgan fingerprint density at radius 1 is 0.579 bits per heavy atom. The summed E-state index contributed by atoms with van der Waals surface area (Å²) < 4.78 is 0. The van der Waals surface area contributed by atoms with Crippen molar-refractivity contribution in [3.63, 3.8) is 0 Å². The second kappa shape index (κ2) is 17.5. The number of unbranched alkanes of at least 4 members (excludes halogenated alkanes) is 10. The normalized spacial score (nSPS) is 11.9. The van der Waals surface area contributed by atoms with Crippen LogP contribution in [0.4, 0.5) is 0 Å². The lowest BCUT2D eigenvalue weighted by atomic mass is 10.1. The molecule has 0 atom stereocenters. The van der Waals surface area contributed by atoms with Gasteiger partial charge in [0.25, 0.3) is 0 Å². The summed E-state index contributed by atoms with van der Waals surface area (Å²) in [6, 6.07) is 0. The predicted molar refractivity (Wildman–Crippen MR) is 88.3 cm³/mol. The fraction of sp³-hybridized carbons (Fsp3) is 0.737. The quantitative estimate of drug-likeness (QED) is 0.299. The Bertz CT molecular complexity index is 178. The number of hydrogen-bond acceptors (Lipinski definition) is 0. The molecule has 0 rings (SSSR count). The summed E-state index contributed by atoms with van der Waals surface area (Å²) >= 11 is 0. The van der Waals surface area contributed by atoms with E-state index < -0.39 is 0 Å². The van der Waals surface area contributed by atoms with Crippen LogP contribution in [-0.2, 0) is 0 Å². The Hall–Kier alpha value is -0.520. The Morgan fingerprint density at radius 3 is 1.42 bits per heavy atom. The van der Waals surface area contributed by atoms with Gasteiger partial charge in [-0.05, 0) is 25.7 Å². The molecule has 0 nitrogen and oxygen atoms in total. The molecule has 0 saturated carbocycles. The molecule has 0 spiro atoms. The summed E-state index contributed by atoms with van der Waals surface area (Å²) in [7, 11) is 0. The van der Waals surface area contributed by atoms with Crippen molar-refractivity contribution in [3.8, 4) is 0 Å². The van der Waals surface area contributed by atoms with Crippen LogP contribution in [0.5, 0.6) is 0 Å². The highest BCUT2D eigenvalue weighted by Crippen LogP contribution is 2.06. The minimum atomic E-state index is 1.21. The van der Waals surface area contributed by atoms with Crippen LogP contribution in [0.1, 0.15) is 90.9 Å². The Balaban J connectivity index is 3.14. The van der Waals surface area contributed by atoms with Crippen molar-refractivity contribution < 1.29 is 0 Å². The lowest BCUT2D eigenvalue weighted by Gasteiger charge is -1.96. The molecule has 0 heteroatoms. The smallest absolute Gasteiger partial charge is 0.0337 e. The topological polar surface area (TPSA) is 0 Å². The first-order chi connectivity index (χ1) is 9.41. The molecule has 0 saturated heterocycles. The van der Waals surface area contributed by atoms with E-state index in [0.29, 0.717) is 0 Å². The molecule has 110 valence electrons. The van der Waals surface area contributed by atoms with E-state index in [1.807, 2.05) is 0 Å². The maximum atomic E-state index is 3.23. The van der Waals surface area contributed by atoms with Gasteiger partial charge in [-0.25, -0.2) is 0 Å². The summed E-state index contributed by atoms with van der Waals surface area (Å²) in [4.78, 5) is 0. The highest BCUT2D eigenvalue weighted by Gasteiger charge is 1.87. The summed E-state index contributed by atoms with van der Waals surface area (Å²) in [6.45, 7) is 4.53. The zero-order chi connectivity index (χ0) is 14.0. The van der Waals surface area contributed by atoms with Crippen molar-refractivity contribution in [2.75, 3.05) is 0 Å². The molecule has 0 aliphatic heterocycles. The Kier molecular flexibility index (Phi) is 17.0. The highest BCUT2D eigenvalue weighted by atomic mass is 13.9. The first kappa shape index (κ1) is 18.5. The molecule has 0 aromatic rings. The van der Waals surface area contributed by atoms with E-state index in [1.54, 1.807) is 0 Å². The summed E-state index contributed by atoms with van der Waals surface area (Å²) in [6.07, 6.45) is 28.0. The summed E-state index contributed by atoms with van der Waals surface area (Å²) in [5.74, 6) is 0. The van der Waals surface area contributed by atoms with E-state index in [1.165, 1.54) is 77.0 Å². The van der Waals surface area contributed by atoms with Crippen molar-refractivity contribution in [2.45, 2.75) is 90.9 Å². The average Bonchev–Trinajstić information content (AvgIpc) is 2.43. The SMILES string of the molecule is CCCCCCCC=C[C]C=CCCCCCCC. The molecular weight excluding hydrogens is 228 g/mol. The monoisotopic (exact) mass is 262 g/mol. The molecule has 0 bridgehead atoms. The molecule has 0 fully saturated rings. The third-order valence-electron chi connectivity index (χ3n) is 3.38. The van der Waals surface area contributed by atoms with Gasteiger partial charge in [0.1, 0.15) is 0 Å². The van der Waals surface area contributed by atoms with Crippen LogP contribution in [0.2, 0.25) is 0 Å². The van der Waals surface area contributed by atoms with Gasteiger partial charge in [0.2, 0.25) is 0 Å². The molecule has 0 N–H and O–H groups in total. The van der Waals surface area contributed by atoms with Crippen LogP contribution in [-0.4, -0.2) is 0 Å². The van der Waals surface area contributed by atoms with Crippen LogP contribution in [0, 0.1) is 6.42 Å². The first-order valence-electron chi connectivity index (χ1n) is 8.47. The highest BCUT2D eigenvalue weighted by molar-refractivity contribution is 5.08. The third-order valence-corrected chi connectivity index (χ3v) is 3.38. The summed E-state index contributed by atoms with van der Waals surface area (Å²) in [5.41, 5.74) is 0. The van der Waals surface area contributed by atoms with Crippen LogP contribution >= 0.6 is 0 Å². The zero-order valence-electron chi connectivity index (χ0n) is 13.3. The number of allylic oxidation sites excluding steroid dienone is 4. The van der Waals surface area contributed by atoms with Crippen LogP contribution in [0.15, 0.2) is 24.3 Å². The van der Waals surface area contributed by atoms with E-state index in [4.69, 9.17) is 0 Å². The lowest BCUT2D eigenvalue weighted by Crippen LogP contribution is -1.76. The van der Waals surface area contributed by atoms with Crippen molar-refractivity contribution in [1.82, 2.24) is 0 Å². The van der Waals surface area contributed by atoms with Crippen molar-refractivity contribution in [3.05, 3.63) is 30.7 Å². The second-order valence-corrected chi connectivity index (χ2v) is 5.38. The van der Waals surface area contributed by atoms with Gasteiger partial charge < -0.3 is 0 Å². The van der Waals surface area contributed by atoms with Crippen LogP contribution in [0.25, 0.3) is 0 Å². The third kappa shape index (κ3) is 17.5. The minimum absolute atomic E-state index is 1.21. The van der Waals surface area contributed by atoms with Crippen molar-refractivity contribution >= 4 is 0 Å². The van der Waals surface area contributed by atoms with Gasteiger partial charge in [-0.3, -0.25) is 0 Å². The van der Waals surface area contributed by atoms with Gasteiger partial charge in [0, 0.05) is 6.42 Å². The molecule has 0 aromatic heterocycles. The molecule has 19 heavy (non-hydrogen) atoms. The van der Waals surface area contributed by atoms with Gasteiger partial charge >= 0.3 is 0 Å². The van der Waals surface area contributed by atoms with Crippen LogP contribution in [0.3, 0.4) is 0 Å². The first-order valence-corrected chi connectivity index (χ1v) is 8.47. The Morgan fingerprint density at radius 2 is 1.00 bits per heavy atom. The van der Waals surface area contributed by atoms with E-state index >= 15 is 0 Å². The molecule has 0 aliphatic rings. The maximum Gasteiger partial charge on any atom is 0.0337 e. The van der Waals surface area contributed by atoms with Gasteiger partial charge in [0.05, 0.1) is 0 Å². The minimum Gasteiger partial charge on any atom is -0.0876 e. The fourth-order valence-corrected chi connectivity index (χ4v) is 2.09. The van der Waals surface area contributed by atoms with E-state index in [-0.39, 0.29) is 0 Å². The predicted octanol–water partition coefficient (Wildman–Crippen LogP) is 6.90. The molecule has 0 amide bonds. The summed E-state index contributed by atoms with van der Waals surface area (Å²) in [5, 5.41) is 0. The zero-order valence-corrected chi connectivity index (χ0v) is 13.3. The van der Waals surface area contributed by atoms with Crippen LogP contribution < -0.4 is 0 Å². The fourth-order valence-electron chi connectivity index (χ4n) is 2.09. The molecule has 0 unspecified atom stereocenters. The van der Waals surface area contributed by atoms with Gasteiger partial charge in [-0.1, -0.05) is 89.5 Å². The molecular formula is C19H34. The lowest BCUT2D eigenvalue weighted by molar-refractivity contribution is 0.637. The van der Waals surface area contributed by atoms with Crippen molar-refractivity contribution in [2.24, 2.45) is 0 Å². The Labute approximate surface area is 122 Å². The van der Waals surface area contributed by atoms with Gasteiger partial charge in [-0.15, -0.1) is 0 Å². The maximum absolute atomic E-state index is 3.23. The number of hydrogen-bond donors (Lipinski definition) is 0. The largest absolute Gasteiger partial charge is 0.0876 e. The second-order valence-electron chi connectivity index (χ2n) is 5.38. The van der Waals surface area contributed by atoms with E-state index in [0.717, 1.165) is 0 Å². The van der Waals surface area contributed by atoms with Gasteiger partial charge in [0.15, 0.2) is 0 Å².